The van der Waals surface area contributed by atoms with E-state index in [1.54, 1.807) is 18.2 Å². The van der Waals surface area contributed by atoms with E-state index in [-0.39, 0.29) is 11.3 Å². The number of carbonyl (C=O) groups excluding carboxylic acids is 1. The zero-order valence-electron chi connectivity index (χ0n) is 9.58. The van der Waals surface area contributed by atoms with Crippen molar-refractivity contribution < 1.29 is 9.18 Å². The number of halogens is 3. The van der Waals surface area contributed by atoms with Gasteiger partial charge in [0, 0.05) is 5.56 Å². The molecule has 0 atom stereocenters. The molecule has 6 heteroatoms. The van der Waals surface area contributed by atoms with E-state index in [9.17, 15) is 9.18 Å². The minimum Gasteiger partial charge on any atom is -0.396 e. The van der Waals surface area contributed by atoms with Gasteiger partial charge in [0.05, 0.1) is 21.4 Å². The Balaban J connectivity index is 2.28. The van der Waals surface area contributed by atoms with Crippen LogP contribution in [-0.2, 0) is 0 Å². The third-order valence-electron chi connectivity index (χ3n) is 2.46. The predicted molar refractivity (Wildman–Crippen MR) is 75.2 cm³/mol. The number of carbonyl (C=O) groups is 1. The molecule has 0 aliphatic carbocycles. The molecule has 0 aliphatic heterocycles. The Kier molecular flexibility index (Phi) is 3.93. The molecule has 2 rings (SSSR count). The number of nitrogens with one attached hydrogen (secondary N) is 1. The standard InChI is InChI=1S/C13H9Cl2FN2O/c14-8-2-1-3-9(15)12(8)18-13(19)7-4-5-10(16)11(17)6-7/h1-6H,17H2,(H,18,19). The summed E-state index contributed by atoms with van der Waals surface area (Å²) < 4.78 is 13.0. The molecule has 1 amide bonds. The smallest absolute Gasteiger partial charge is 0.255 e. The molecule has 0 saturated carbocycles. The van der Waals surface area contributed by atoms with Crippen molar-refractivity contribution in [3.05, 3.63) is 57.8 Å². The van der Waals surface area contributed by atoms with E-state index >= 15 is 0 Å². The number of para-hydroxylation sites is 1. The molecular formula is C13H9Cl2FN2O. The molecule has 0 aromatic heterocycles. The Hall–Kier alpha value is -1.78. The number of nitrogens with two attached hydrogens (primary N) is 1. The van der Waals surface area contributed by atoms with Crippen molar-refractivity contribution in [3.63, 3.8) is 0 Å². The molecule has 98 valence electrons. The zero-order valence-corrected chi connectivity index (χ0v) is 11.1. The summed E-state index contributed by atoms with van der Waals surface area (Å²) in [6.07, 6.45) is 0. The number of hydrogen-bond acceptors (Lipinski definition) is 2. The fourth-order valence-electron chi connectivity index (χ4n) is 1.49. The number of benzene rings is 2. The van der Waals surface area contributed by atoms with E-state index in [2.05, 4.69) is 5.32 Å². The molecule has 0 saturated heterocycles. The molecule has 3 N–H and O–H groups in total. The van der Waals surface area contributed by atoms with Crippen LogP contribution in [0.5, 0.6) is 0 Å². The second kappa shape index (κ2) is 5.47. The van der Waals surface area contributed by atoms with Gasteiger partial charge >= 0.3 is 0 Å². The largest absolute Gasteiger partial charge is 0.396 e. The first kappa shape index (κ1) is 13.6. The summed E-state index contributed by atoms with van der Waals surface area (Å²) in [5.74, 6) is -1.05. The summed E-state index contributed by atoms with van der Waals surface area (Å²) in [6.45, 7) is 0. The van der Waals surface area contributed by atoms with Crippen LogP contribution in [0.15, 0.2) is 36.4 Å². The first-order chi connectivity index (χ1) is 8.99. The van der Waals surface area contributed by atoms with E-state index in [0.717, 1.165) is 6.07 Å². The number of anilines is 2. The van der Waals surface area contributed by atoms with E-state index in [1.165, 1.54) is 12.1 Å². The highest BCUT2D eigenvalue weighted by molar-refractivity contribution is 6.40. The monoisotopic (exact) mass is 298 g/mol. The number of nitrogen functional groups attached to an aromatic ring is 1. The van der Waals surface area contributed by atoms with Crippen LogP contribution >= 0.6 is 23.2 Å². The Morgan fingerprint density at radius 2 is 1.79 bits per heavy atom. The maximum Gasteiger partial charge on any atom is 0.255 e. The molecule has 2 aromatic rings. The number of rotatable bonds is 2. The van der Waals surface area contributed by atoms with Crippen LogP contribution in [0.25, 0.3) is 0 Å². The fraction of sp³-hybridized carbons (Fsp3) is 0. The topological polar surface area (TPSA) is 55.1 Å². The van der Waals surface area contributed by atoms with Crippen LogP contribution in [0.3, 0.4) is 0 Å². The molecular weight excluding hydrogens is 290 g/mol. The van der Waals surface area contributed by atoms with Crippen molar-refractivity contribution in [2.75, 3.05) is 11.1 Å². The first-order valence-corrected chi connectivity index (χ1v) is 6.05. The highest BCUT2D eigenvalue weighted by atomic mass is 35.5. The number of hydrogen-bond donors (Lipinski definition) is 2. The van der Waals surface area contributed by atoms with E-state index in [1.807, 2.05) is 0 Å². The van der Waals surface area contributed by atoms with Crippen molar-refractivity contribution in [1.82, 2.24) is 0 Å². The summed E-state index contributed by atoms with van der Waals surface area (Å²) in [7, 11) is 0. The minimum atomic E-state index is -0.577. The molecule has 19 heavy (non-hydrogen) atoms. The summed E-state index contributed by atoms with van der Waals surface area (Å²) in [4.78, 5) is 12.0. The molecule has 3 nitrogen and oxygen atoms in total. The van der Waals surface area contributed by atoms with Crippen LogP contribution in [0.1, 0.15) is 10.4 Å². The van der Waals surface area contributed by atoms with Gasteiger partial charge in [-0.2, -0.15) is 0 Å². The van der Waals surface area contributed by atoms with Gasteiger partial charge in [-0.25, -0.2) is 4.39 Å². The average Bonchev–Trinajstić information content (AvgIpc) is 2.37. The van der Waals surface area contributed by atoms with Crippen molar-refractivity contribution >= 4 is 40.5 Å². The lowest BCUT2D eigenvalue weighted by Crippen LogP contribution is -2.13. The van der Waals surface area contributed by atoms with Gasteiger partial charge in [-0.15, -0.1) is 0 Å². The Morgan fingerprint density at radius 1 is 1.16 bits per heavy atom. The van der Waals surface area contributed by atoms with Gasteiger partial charge in [-0.05, 0) is 30.3 Å². The molecule has 2 aromatic carbocycles. The maximum absolute atomic E-state index is 13.0. The second-order valence-electron chi connectivity index (χ2n) is 3.79. The van der Waals surface area contributed by atoms with Gasteiger partial charge in [-0.3, -0.25) is 4.79 Å². The molecule has 0 spiro atoms. The summed E-state index contributed by atoms with van der Waals surface area (Å²) in [5.41, 5.74) is 5.83. The van der Waals surface area contributed by atoms with Crippen LogP contribution in [0, 0.1) is 5.82 Å². The average molecular weight is 299 g/mol. The van der Waals surface area contributed by atoms with Gasteiger partial charge < -0.3 is 11.1 Å². The maximum atomic E-state index is 13.0. The third kappa shape index (κ3) is 2.97. The molecule has 0 bridgehead atoms. The lowest BCUT2D eigenvalue weighted by atomic mass is 10.2. The summed E-state index contributed by atoms with van der Waals surface area (Å²) in [5, 5.41) is 3.19. The molecule has 0 aliphatic rings. The van der Waals surface area contributed by atoms with Crippen molar-refractivity contribution in [2.45, 2.75) is 0 Å². The van der Waals surface area contributed by atoms with E-state index in [4.69, 9.17) is 28.9 Å². The molecule has 0 unspecified atom stereocenters. The van der Waals surface area contributed by atoms with E-state index < -0.39 is 11.7 Å². The Bertz CT molecular complexity index is 626. The highest BCUT2D eigenvalue weighted by Crippen LogP contribution is 2.30. The first-order valence-electron chi connectivity index (χ1n) is 5.29. The predicted octanol–water partition coefficient (Wildman–Crippen LogP) is 3.97. The molecule has 0 heterocycles. The molecule has 0 fully saturated rings. The highest BCUT2D eigenvalue weighted by Gasteiger charge is 2.12. The van der Waals surface area contributed by atoms with E-state index in [0.29, 0.717) is 15.7 Å². The number of amides is 1. The van der Waals surface area contributed by atoms with Gasteiger partial charge in [0.2, 0.25) is 0 Å². The second-order valence-corrected chi connectivity index (χ2v) is 4.60. The quantitative estimate of drug-likeness (QED) is 0.824. The minimum absolute atomic E-state index is 0.0992. The van der Waals surface area contributed by atoms with Gasteiger partial charge in [-0.1, -0.05) is 29.3 Å². The van der Waals surface area contributed by atoms with Crippen LogP contribution in [0.4, 0.5) is 15.8 Å². The fourth-order valence-corrected chi connectivity index (χ4v) is 1.98. The lowest BCUT2D eigenvalue weighted by Gasteiger charge is -2.09. The van der Waals surface area contributed by atoms with Gasteiger partial charge in [0.25, 0.3) is 5.91 Å². The van der Waals surface area contributed by atoms with Gasteiger partial charge in [0.1, 0.15) is 5.82 Å². The van der Waals surface area contributed by atoms with Crippen LogP contribution < -0.4 is 11.1 Å². The summed E-state index contributed by atoms with van der Waals surface area (Å²) >= 11 is 11.9. The third-order valence-corrected chi connectivity index (χ3v) is 3.09. The Labute approximate surface area is 119 Å². The van der Waals surface area contributed by atoms with Crippen molar-refractivity contribution in [2.24, 2.45) is 0 Å². The SMILES string of the molecule is Nc1cc(C(=O)Nc2c(Cl)cccc2Cl)ccc1F. The molecule has 0 radical (unpaired) electrons. The van der Waals surface area contributed by atoms with Crippen molar-refractivity contribution in [3.8, 4) is 0 Å². The zero-order chi connectivity index (χ0) is 14.0. The van der Waals surface area contributed by atoms with Gasteiger partial charge in [0.15, 0.2) is 0 Å². The van der Waals surface area contributed by atoms with Crippen LogP contribution in [-0.4, -0.2) is 5.91 Å². The Morgan fingerprint density at radius 3 is 2.37 bits per heavy atom. The lowest BCUT2D eigenvalue weighted by molar-refractivity contribution is 0.102. The normalized spacial score (nSPS) is 10.3. The van der Waals surface area contributed by atoms with Crippen molar-refractivity contribution in [1.29, 1.82) is 0 Å². The van der Waals surface area contributed by atoms with Crippen LogP contribution in [0.2, 0.25) is 10.0 Å². The summed E-state index contributed by atoms with van der Waals surface area (Å²) in [6, 6.07) is 8.56.